The number of nitrogens with one attached hydrogen (secondary N) is 1. The van der Waals surface area contributed by atoms with E-state index in [0.717, 1.165) is 12.0 Å². The summed E-state index contributed by atoms with van der Waals surface area (Å²) < 4.78 is 10.2. The van der Waals surface area contributed by atoms with Crippen molar-refractivity contribution in [1.82, 2.24) is 5.32 Å². The molecule has 19 heavy (non-hydrogen) atoms. The van der Waals surface area contributed by atoms with Crippen LogP contribution in [0.15, 0.2) is 18.2 Å². The number of nitrogens with two attached hydrogens (primary N) is 1. The third-order valence-corrected chi connectivity index (χ3v) is 2.71. The van der Waals surface area contributed by atoms with Crippen LogP contribution in [0.1, 0.15) is 22.3 Å². The summed E-state index contributed by atoms with van der Waals surface area (Å²) in [6.07, 6.45) is 0.781. The second-order valence-electron chi connectivity index (χ2n) is 4.29. The molecule has 1 aromatic rings. The molecule has 0 aliphatic heterocycles. The zero-order valence-corrected chi connectivity index (χ0v) is 11.6. The molecule has 0 bridgehead atoms. The number of methoxy groups -OCH3 is 1. The van der Waals surface area contributed by atoms with Crippen LogP contribution in [0, 0.1) is 6.92 Å². The summed E-state index contributed by atoms with van der Waals surface area (Å²) in [6.45, 7) is 4.27. The van der Waals surface area contributed by atoms with Crippen LogP contribution in [-0.4, -0.2) is 39.4 Å². The lowest BCUT2D eigenvalue weighted by Crippen LogP contribution is -2.25. The van der Waals surface area contributed by atoms with E-state index in [4.69, 9.17) is 15.2 Å². The van der Waals surface area contributed by atoms with E-state index < -0.39 is 0 Å². The zero-order chi connectivity index (χ0) is 14.1. The molecule has 0 aromatic heterocycles. The van der Waals surface area contributed by atoms with Gasteiger partial charge in [-0.1, -0.05) is 0 Å². The van der Waals surface area contributed by atoms with Crippen LogP contribution in [0.3, 0.4) is 0 Å². The Morgan fingerprint density at radius 1 is 1.32 bits per heavy atom. The van der Waals surface area contributed by atoms with E-state index in [2.05, 4.69) is 5.32 Å². The Morgan fingerprint density at radius 3 is 2.79 bits per heavy atom. The molecule has 106 valence electrons. The van der Waals surface area contributed by atoms with Gasteiger partial charge in [0.1, 0.15) is 0 Å². The first-order valence-corrected chi connectivity index (χ1v) is 6.36. The van der Waals surface area contributed by atoms with E-state index >= 15 is 0 Å². The Labute approximate surface area is 114 Å². The van der Waals surface area contributed by atoms with Gasteiger partial charge in [0.05, 0.1) is 13.2 Å². The van der Waals surface area contributed by atoms with Crippen LogP contribution in [0.25, 0.3) is 0 Å². The zero-order valence-electron chi connectivity index (χ0n) is 11.6. The van der Waals surface area contributed by atoms with Crippen molar-refractivity contribution in [3.8, 4) is 0 Å². The topological polar surface area (TPSA) is 73.6 Å². The fourth-order valence-corrected chi connectivity index (χ4v) is 1.54. The molecular weight excluding hydrogens is 244 g/mol. The highest BCUT2D eigenvalue weighted by Gasteiger charge is 2.05. The van der Waals surface area contributed by atoms with E-state index in [9.17, 15) is 4.79 Å². The Bertz CT molecular complexity index is 408. The molecule has 0 unspecified atom stereocenters. The molecule has 0 saturated carbocycles. The van der Waals surface area contributed by atoms with Crippen molar-refractivity contribution in [3.05, 3.63) is 29.3 Å². The number of hydrogen-bond donors (Lipinski definition) is 2. The van der Waals surface area contributed by atoms with Crippen molar-refractivity contribution >= 4 is 11.6 Å². The molecule has 5 heteroatoms. The summed E-state index contributed by atoms with van der Waals surface area (Å²) in [4.78, 5) is 11.8. The van der Waals surface area contributed by atoms with Crippen LogP contribution < -0.4 is 11.1 Å². The number of benzene rings is 1. The molecule has 0 radical (unpaired) electrons. The van der Waals surface area contributed by atoms with Crippen LogP contribution in [0.2, 0.25) is 0 Å². The first-order chi connectivity index (χ1) is 9.15. The van der Waals surface area contributed by atoms with Crippen molar-refractivity contribution in [3.63, 3.8) is 0 Å². The number of hydrogen-bond acceptors (Lipinski definition) is 4. The molecule has 0 fully saturated rings. The van der Waals surface area contributed by atoms with E-state index in [1.165, 1.54) is 0 Å². The summed E-state index contributed by atoms with van der Waals surface area (Å²) in [6, 6.07) is 5.27. The molecule has 0 spiro atoms. The quantitative estimate of drug-likeness (QED) is 0.550. The second kappa shape index (κ2) is 8.50. The normalized spacial score (nSPS) is 10.4. The highest BCUT2D eigenvalue weighted by molar-refractivity contribution is 5.94. The highest BCUT2D eigenvalue weighted by atomic mass is 16.5. The average molecular weight is 266 g/mol. The van der Waals surface area contributed by atoms with Gasteiger partial charge in [-0.05, 0) is 37.1 Å². The summed E-state index contributed by atoms with van der Waals surface area (Å²) in [7, 11) is 1.64. The molecule has 1 amide bonds. The smallest absolute Gasteiger partial charge is 0.251 e. The predicted octanol–water partition coefficient (Wildman–Crippen LogP) is 1.36. The third kappa shape index (κ3) is 5.72. The lowest BCUT2D eigenvalue weighted by Gasteiger charge is -2.07. The third-order valence-electron chi connectivity index (χ3n) is 2.71. The van der Waals surface area contributed by atoms with E-state index in [1.54, 1.807) is 25.3 Å². The first kappa shape index (κ1) is 15.5. The first-order valence-electron chi connectivity index (χ1n) is 6.36. The van der Waals surface area contributed by atoms with Crippen molar-refractivity contribution in [2.24, 2.45) is 0 Å². The van der Waals surface area contributed by atoms with Gasteiger partial charge in [-0.25, -0.2) is 0 Å². The minimum Gasteiger partial charge on any atom is -0.399 e. The van der Waals surface area contributed by atoms with Crippen molar-refractivity contribution in [2.75, 3.05) is 39.2 Å². The van der Waals surface area contributed by atoms with Crippen LogP contribution in [0.4, 0.5) is 5.69 Å². The summed E-state index contributed by atoms with van der Waals surface area (Å²) in [5.41, 5.74) is 7.95. The van der Waals surface area contributed by atoms with Crippen molar-refractivity contribution in [1.29, 1.82) is 0 Å². The largest absolute Gasteiger partial charge is 0.399 e. The Balaban J connectivity index is 2.22. The van der Waals surface area contributed by atoms with Gasteiger partial charge in [-0.15, -0.1) is 0 Å². The van der Waals surface area contributed by atoms with E-state index in [1.807, 2.05) is 6.92 Å². The molecule has 1 aromatic carbocycles. The molecule has 0 heterocycles. The Kier molecular flexibility index (Phi) is 6.92. The Hall–Kier alpha value is -1.59. The molecule has 3 N–H and O–H groups in total. The SMILES string of the molecule is COCCOCCCNC(=O)c1ccc(N)c(C)c1. The lowest BCUT2D eigenvalue weighted by molar-refractivity contribution is 0.0688. The molecule has 5 nitrogen and oxygen atoms in total. The molecule has 1 rings (SSSR count). The van der Waals surface area contributed by atoms with Gasteiger partial charge >= 0.3 is 0 Å². The maximum absolute atomic E-state index is 11.8. The number of ether oxygens (including phenoxy) is 2. The minimum absolute atomic E-state index is 0.0833. The van der Waals surface area contributed by atoms with Crippen molar-refractivity contribution in [2.45, 2.75) is 13.3 Å². The van der Waals surface area contributed by atoms with Gasteiger partial charge in [0.2, 0.25) is 0 Å². The van der Waals surface area contributed by atoms with E-state index in [0.29, 0.717) is 37.6 Å². The Morgan fingerprint density at radius 2 is 2.11 bits per heavy atom. The number of nitrogen functional groups attached to an aromatic ring is 1. The number of amides is 1. The number of carbonyl (C=O) groups excluding carboxylic acids is 1. The van der Waals surface area contributed by atoms with Crippen LogP contribution in [0.5, 0.6) is 0 Å². The van der Waals surface area contributed by atoms with Gasteiger partial charge in [-0.3, -0.25) is 4.79 Å². The fourth-order valence-electron chi connectivity index (χ4n) is 1.54. The maximum atomic E-state index is 11.8. The molecule has 0 saturated heterocycles. The van der Waals surface area contributed by atoms with Gasteiger partial charge in [-0.2, -0.15) is 0 Å². The molecule has 0 aliphatic rings. The highest BCUT2D eigenvalue weighted by Crippen LogP contribution is 2.12. The van der Waals surface area contributed by atoms with Gasteiger partial charge in [0.25, 0.3) is 5.91 Å². The molecule has 0 aliphatic carbocycles. The van der Waals surface area contributed by atoms with Gasteiger partial charge < -0.3 is 20.5 Å². The maximum Gasteiger partial charge on any atom is 0.251 e. The summed E-state index contributed by atoms with van der Waals surface area (Å²) in [5.74, 6) is -0.0833. The second-order valence-corrected chi connectivity index (χ2v) is 4.29. The standard InChI is InChI=1S/C14H22N2O3/c1-11-10-12(4-5-13(11)15)14(17)16-6-3-7-19-9-8-18-2/h4-5,10H,3,6-9,15H2,1-2H3,(H,16,17). The van der Waals surface area contributed by atoms with Crippen LogP contribution in [-0.2, 0) is 9.47 Å². The predicted molar refractivity (Wildman–Crippen MR) is 75.2 cm³/mol. The minimum atomic E-state index is -0.0833. The lowest BCUT2D eigenvalue weighted by atomic mass is 10.1. The molecule has 0 atom stereocenters. The number of rotatable bonds is 8. The number of carbonyl (C=O) groups is 1. The summed E-state index contributed by atoms with van der Waals surface area (Å²) >= 11 is 0. The summed E-state index contributed by atoms with van der Waals surface area (Å²) in [5, 5.41) is 2.85. The van der Waals surface area contributed by atoms with E-state index in [-0.39, 0.29) is 5.91 Å². The number of aryl methyl sites for hydroxylation is 1. The average Bonchev–Trinajstić information content (AvgIpc) is 2.40. The number of anilines is 1. The van der Waals surface area contributed by atoms with Gasteiger partial charge in [0.15, 0.2) is 0 Å². The fraction of sp³-hybridized carbons (Fsp3) is 0.500. The van der Waals surface area contributed by atoms with Crippen LogP contribution >= 0.6 is 0 Å². The monoisotopic (exact) mass is 266 g/mol. The molecular formula is C14H22N2O3. The van der Waals surface area contributed by atoms with Crippen molar-refractivity contribution < 1.29 is 14.3 Å². The van der Waals surface area contributed by atoms with Gasteiger partial charge in [0, 0.05) is 31.5 Å².